The molecule has 0 aromatic carbocycles. The Morgan fingerprint density at radius 1 is 1.28 bits per heavy atom. The number of anilines is 2. The van der Waals surface area contributed by atoms with Gasteiger partial charge in [-0.15, -0.1) is 0 Å². The van der Waals surface area contributed by atoms with Gasteiger partial charge in [-0.2, -0.15) is 0 Å². The van der Waals surface area contributed by atoms with E-state index < -0.39 is 36.8 Å². The summed E-state index contributed by atoms with van der Waals surface area (Å²) in [6, 6.07) is 4.38. The van der Waals surface area contributed by atoms with E-state index in [4.69, 9.17) is 9.84 Å². The number of pyridine rings is 1. The van der Waals surface area contributed by atoms with Crippen molar-refractivity contribution < 1.29 is 28.5 Å². The van der Waals surface area contributed by atoms with Crippen LogP contribution in [0.1, 0.15) is 24.6 Å². The van der Waals surface area contributed by atoms with Gasteiger partial charge in [-0.25, -0.2) is 23.7 Å². The van der Waals surface area contributed by atoms with Crippen LogP contribution in [0.4, 0.5) is 20.4 Å². The number of hydrogen-bond donors (Lipinski definition) is 3. The van der Waals surface area contributed by atoms with Crippen molar-refractivity contribution >= 4 is 23.2 Å². The van der Waals surface area contributed by atoms with Crippen molar-refractivity contribution in [1.29, 1.82) is 0 Å². The molecule has 2 aliphatic rings. The Kier molecular flexibility index (Phi) is 6.94. The fraction of sp³-hybridized carbons (Fsp3) is 0.478. The first-order valence-electron chi connectivity index (χ1n) is 11.7. The molecule has 1 amide bonds. The maximum Gasteiger partial charge on any atom is 0.253 e. The molecule has 2 aliphatic heterocycles. The minimum atomic E-state index is -1.44. The van der Waals surface area contributed by atoms with Gasteiger partial charge in [-0.1, -0.05) is 0 Å². The van der Waals surface area contributed by atoms with E-state index >= 15 is 0 Å². The van der Waals surface area contributed by atoms with E-state index in [1.54, 1.807) is 22.7 Å². The Morgan fingerprint density at radius 3 is 2.97 bits per heavy atom. The number of piperidine rings is 1. The number of alkyl halides is 1. The summed E-state index contributed by atoms with van der Waals surface area (Å²) in [6.07, 6.45) is 2.30. The van der Waals surface area contributed by atoms with Crippen LogP contribution in [0.5, 0.6) is 0 Å². The molecule has 0 aliphatic carbocycles. The van der Waals surface area contributed by atoms with Crippen molar-refractivity contribution in [3.63, 3.8) is 0 Å². The van der Waals surface area contributed by atoms with Gasteiger partial charge < -0.3 is 30.1 Å². The standard InChI is InChI=1S/C23H27F2N7O4/c24-14-3-4-21-26-7-16(31(21)8-14)18-10-32(19(25)12-36-18)22-6-20(27-13-28-22)29-15-2-1-5-30(9-15)23(35)17(34)11-33/h3-4,6-8,13,15,17-19,33-34H,1-2,5,9-12H2,(H,27,28,29). The molecule has 5 heterocycles. The van der Waals surface area contributed by atoms with Crippen molar-refractivity contribution in [3.8, 4) is 0 Å². The highest BCUT2D eigenvalue weighted by atomic mass is 19.1. The Balaban J connectivity index is 1.30. The number of carbonyl (C=O) groups is 1. The third kappa shape index (κ3) is 4.94. The van der Waals surface area contributed by atoms with Crippen LogP contribution in [-0.2, 0) is 9.53 Å². The van der Waals surface area contributed by atoms with Crippen molar-refractivity contribution in [2.45, 2.75) is 37.4 Å². The molecule has 13 heteroatoms. The number of aliphatic hydroxyl groups excluding tert-OH is 2. The van der Waals surface area contributed by atoms with E-state index in [1.807, 2.05) is 0 Å². The number of amides is 1. The fourth-order valence-corrected chi connectivity index (χ4v) is 4.64. The molecule has 3 aromatic heterocycles. The van der Waals surface area contributed by atoms with Crippen LogP contribution in [0.3, 0.4) is 0 Å². The quantitative estimate of drug-likeness (QED) is 0.420. The lowest BCUT2D eigenvalue weighted by Gasteiger charge is -2.36. The van der Waals surface area contributed by atoms with Crippen LogP contribution in [0.2, 0.25) is 0 Å². The summed E-state index contributed by atoms with van der Waals surface area (Å²) in [7, 11) is 0. The van der Waals surface area contributed by atoms with Crippen LogP contribution < -0.4 is 10.2 Å². The minimum Gasteiger partial charge on any atom is -0.393 e. The first-order chi connectivity index (χ1) is 17.4. The molecular weight excluding hydrogens is 476 g/mol. The second-order valence-electron chi connectivity index (χ2n) is 8.89. The first kappa shape index (κ1) is 24.3. The van der Waals surface area contributed by atoms with E-state index in [0.29, 0.717) is 36.1 Å². The molecule has 4 unspecified atom stereocenters. The Hall–Kier alpha value is -3.42. The highest BCUT2D eigenvalue weighted by Crippen LogP contribution is 2.30. The number of aliphatic hydroxyl groups is 2. The molecule has 3 N–H and O–H groups in total. The van der Waals surface area contributed by atoms with Gasteiger partial charge in [0.05, 0.1) is 31.6 Å². The third-order valence-corrected chi connectivity index (χ3v) is 6.45. The van der Waals surface area contributed by atoms with E-state index in [9.17, 15) is 18.7 Å². The lowest BCUT2D eigenvalue weighted by Crippen LogP contribution is -2.49. The van der Waals surface area contributed by atoms with Gasteiger partial charge in [0.2, 0.25) is 0 Å². The summed E-state index contributed by atoms with van der Waals surface area (Å²) in [5.74, 6) is -0.112. The zero-order chi connectivity index (χ0) is 25.2. The van der Waals surface area contributed by atoms with Gasteiger partial charge in [0.25, 0.3) is 5.91 Å². The lowest BCUT2D eigenvalue weighted by atomic mass is 10.0. The molecule has 2 fully saturated rings. The number of morpholine rings is 1. The number of fused-ring (bicyclic) bond motifs is 1. The summed E-state index contributed by atoms with van der Waals surface area (Å²) in [4.78, 5) is 28.0. The van der Waals surface area contributed by atoms with Crippen LogP contribution in [0.25, 0.3) is 5.65 Å². The van der Waals surface area contributed by atoms with Crippen molar-refractivity contribution in [2.75, 3.05) is 43.1 Å². The molecule has 192 valence electrons. The summed E-state index contributed by atoms with van der Waals surface area (Å²) < 4.78 is 36.0. The fourth-order valence-electron chi connectivity index (χ4n) is 4.64. The normalized spacial score (nSPS) is 23.6. The summed E-state index contributed by atoms with van der Waals surface area (Å²) in [5.41, 5.74) is 1.16. The van der Waals surface area contributed by atoms with Gasteiger partial charge in [0, 0.05) is 31.4 Å². The molecule has 0 radical (unpaired) electrons. The molecule has 11 nitrogen and oxygen atoms in total. The van der Waals surface area contributed by atoms with Gasteiger partial charge in [-0.3, -0.25) is 9.20 Å². The number of nitrogens with zero attached hydrogens (tertiary/aromatic N) is 6. The molecular formula is C23H27F2N7O4. The summed E-state index contributed by atoms with van der Waals surface area (Å²) in [6.45, 7) is 0.137. The molecule has 36 heavy (non-hydrogen) atoms. The molecule has 2 saturated heterocycles. The van der Waals surface area contributed by atoms with Crippen LogP contribution in [-0.4, -0.2) is 91.7 Å². The zero-order valence-corrected chi connectivity index (χ0v) is 19.4. The topological polar surface area (TPSA) is 128 Å². The largest absolute Gasteiger partial charge is 0.393 e. The highest BCUT2D eigenvalue weighted by molar-refractivity contribution is 5.81. The van der Waals surface area contributed by atoms with Gasteiger partial charge in [0.15, 0.2) is 12.4 Å². The Bertz CT molecular complexity index is 1230. The summed E-state index contributed by atoms with van der Waals surface area (Å²) >= 11 is 0. The number of ether oxygens (including phenoxy) is 1. The van der Waals surface area contributed by atoms with E-state index in [-0.39, 0.29) is 19.2 Å². The van der Waals surface area contributed by atoms with Gasteiger partial charge in [0.1, 0.15) is 35.5 Å². The van der Waals surface area contributed by atoms with Gasteiger partial charge in [-0.05, 0) is 25.0 Å². The molecule has 0 saturated carbocycles. The molecule has 5 rings (SSSR count). The predicted octanol–water partition coefficient (Wildman–Crippen LogP) is 0.893. The number of imidazole rings is 1. The average Bonchev–Trinajstić information content (AvgIpc) is 3.31. The van der Waals surface area contributed by atoms with Crippen molar-refractivity contribution in [3.05, 3.63) is 48.4 Å². The van der Waals surface area contributed by atoms with E-state index in [2.05, 4.69) is 20.3 Å². The summed E-state index contributed by atoms with van der Waals surface area (Å²) in [5, 5.41) is 22.0. The maximum atomic E-state index is 14.9. The van der Waals surface area contributed by atoms with E-state index in [0.717, 1.165) is 12.8 Å². The SMILES string of the molecule is O=C(C(O)CO)N1CCCC(Nc2cc(N3CC(c4cnc5ccc(F)cn45)OCC3F)ncn2)C1. The third-order valence-electron chi connectivity index (χ3n) is 6.45. The second-order valence-corrected chi connectivity index (χ2v) is 8.89. The highest BCUT2D eigenvalue weighted by Gasteiger charge is 2.33. The monoisotopic (exact) mass is 503 g/mol. The first-order valence-corrected chi connectivity index (χ1v) is 11.7. The predicted molar refractivity (Wildman–Crippen MR) is 124 cm³/mol. The molecule has 0 spiro atoms. The van der Waals surface area contributed by atoms with Crippen LogP contribution >= 0.6 is 0 Å². The van der Waals surface area contributed by atoms with Crippen molar-refractivity contribution in [1.82, 2.24) is 24.3 Å². The molecule has 3 aromatic rings. The number of nitrogens with one attached hydrogen (secondary N) is 1. The number of aromatic nitrogens is 4. The minimum absolute atomic E-state index is 0.132. The van der Waals surface area contributed by atoms with Gasteiger partial charge >= 0.3 is 0 Å². The Labute approximate surface area is 205 Å². The van der Waals surface area contributed by atoms with Crippen LogP contribution in [0, 0.1) is 5.82 Å². The average molecular weight is 504 g/mol. The number of halogens is 2. The number of hydrogen-bond acceptors (Lipinski definition) is 9. The molecule has 4 atom stereocenters. The molecule has 0 bridgehead atoms. The van der Waals surface area contributed by atoms with E-state index in [1.165, 1.54) is 28.4 Å². The second kappa shape index (κ2) is 10.3. The zero-order valence-electron chi connectivity index (χ0n) is 19.4. The van der Waals surface area contributed by atoms with Crippen LogP contribution in [0.15, 0.2) is 36.9 Å². The smallest absolute Gasteiger partial charge is 0.253 e. The van der Waals surface area contributed by atoms with Crippen molar-refractivity contribution in [2.24, 2.45) is 0 Å². The number of carbonyl (C=O) groups excluding carboxylic acids is 1. The lowest BCUT2D eigenvalue weighted by molar-refractivity contribution is -0.143. The Morgan fingerprint density at radius 2 is 2.14 bits per heavy atom. The number of rotatable bonds is 6. The maximum absolute atomic E-state index is 14.9. The number of likely N-dealkylation sites (tertiary alicyclic amines) is 1.